The molecule has 0 bridgehead atoms. The Balaban J connectivity index is 1.77. The first kappa shape index (κ1) is 22.3. The number of carbonyl (C=O) groups is 1. The number of hydrogen-bond acceptors (Lipinski definition) is 7. The van der Waals surface area contributed by atoms with E-state index >= 15 is 0 Å². The van der Waals surface area contributed by atoms with Gasteiger partial charge in [0.15, 0.2) is 5.43 Å². The van der Waals surface area contributed by atoms with E-state index in [2.05, 4.69) is 0 Å². The van der Waals surface area contributed by atoms with E-state index in [0.29, 0.717) is 16.9 Å². The van der Waals surface area contributed by atoms with Crippen molar-refractivity contribution in [3.05, 3.63) is 93.7 Å². The van der Waals surface area contributed by atoms with Crippen LogP contribution in [0.25, 0.3) is 28.4 Å². The Morgan fingerprint density at radius 1 is 1.03 bits per heavy atom. The number of phenolic OH excluding ortho intramolecular Hbond substituents is 2. The van der Waals surface area contributed by atoms with Crippen molar-refractivity contribution in [2.45, 2.75) is 12.3 Å². The summed E-state index contributed by atoms with van der Waals surface area (Å²) >= 11 is 0. The zero-order valence-corrected chi connectivity index (χ0v) is 18.9. The van der Waals surface area contributed by atoms with Crippen molar-refractivity contribution < 1.29 is 28.9 Å². The Morgan fingerprint density at radius 2 is 1.77 bits per heavy atom. The standard InChI is InChI=1S/C28H22O7/c1-33-25(32)12-19(18-11-17-9-5-6-10-23(17)34-15-18)26-20(29)13-21(30)27-22(31)14-24(35-28(26)27)16-7-3-2-4-8-16/h2-11,13-14,19,29-30H,12,15H2,1H3. The van der Waals surface area contributed by atoms with Crippen LogP contribution in [0.15, 0.2) is 81.5 Å². The van der Waals surface area contributed by atoms with Crippen LogP contribution in [0.3, 0.4) is 0 Å². The minimum Gasteiger partial charge on any atom is -0.507 e. The molecule has 7 heteroatoms. The largest absolute Gasteiger partial charge is 0.507 e. The first-order valence-corrected chi connectivity index (χ1v) is 11.0. The molecule has 1 atom stereocenters. The average Bonchev–Trinajstić information content (AvgIpc) is 2.87. The van der Waals surface area contributed by atoms with E-state index < -0.39 is 23.1 Å². The molecule has 2 heterocycles. The summed E-state index contributed by atoms with van der Waals surface area (Å²) < 4.78 is 17.0. The van der Waals surface area contributed by atoms with E-state index in [1.54, 1.807) is 12.1 Å². The number of para-hydroxylation sites is 1. The van der Waals surface area contributed by atoms with Gasteiger partial charge in [-0.3, -0.25) is 9.59 Å². The summed E-state index contributed by atoms with van der Waals surface area (Å²) in [5.74, 6) is -1.01. The van der Waals surface area contributed by atoms with Gasteiger partial charge in [0.1, 0.15) is 40.6 Å². The van der Waals surface area contributed by atoms with E-state index in [9.17, 15) is 19.8 Å². The molecule has 35 heavy (non-hydrogen) atoms. The Bertz CT molecular complexity index is 1520. The molecule has 1 aliphatic heterocycles. The van der Waals surface area contributed by atoms with Crippen LogP contribution in [0.1, 0.15) is 23.5 Å². The normalized spacial score (nSPS) is 13.5. The number of ether oxygens (including phenoxy) is 2. The van der Waals surface area contributed by atoms with Gasteiger partial charge in [0.2, 0.25) is 0 Å². The minimum atomic E-state index is -0.743. The number of phenols is 2. The molecule has 0 amide bonds. The van der Waals surface area contributed by atoms with Gasteiger partial charge >= 0.3 is 5.97 Å². The molecule has 5 rings (SSSR count). The molecule has 0 fully saturated rings. The monoisotopic (exact) mass is 470 g/mol. The molecule has 1 unspecified atom stereocenters. The molecule has 0 saturated carbocycles. The Kier molecular flexibility index (Phi) is 5.74. The number of esters is 1. The predicted molar refractivity (Wildman–Crippen MR) is 131 cm³/mol. The summed E-state index contributed by atoms with van der Waals surface area (Å²) in [4.78, 5) is 25.5. The lowest BCUT2D eigenvalue weighted by Crippen LogP contribution is -2.18. The highest BCUT2D eigenvalue weighted by atomic mass is 16.5. The fraction of sp³-hybridized carbons (Fsp3) is 0.143. The Morgan fingerprint density at radius 3 is 2.54 bits per heavy atom. The smallest absolute Gasteiger partial charge is 0.306 e. The number of fused-ring (bicyclic) bond motifs is 2. The summed E-state index contributed by atoms with van der Waals surface area (Å²) in [6.07, 6.45) is 1.75. The molecule has 3 aromatic carbocycles. The number of hydrogen-bond donors (Lipinski definition) is 2. The van der Waals surface area contributed by atoms with Gasteiger partial charge in [0.05, 0.1) is 13.5 Å². The van der Waals surface area contributed by atoms with Crippen LogP contribution in [-0.4, -0.2) is 29.9 Å². The highest BCUT2D eigenvalue weighted by molar-refractivity contribution is 5.91. The molecular weight excluding hydrogens is 448 g/mol. The molecule has 4 aromatic rings. The second-order valence-corrected chi connectivity index (χ2v) is 8.25. The number of rotatable bonds is 5. The van der Waals surface area contributed by atoms with Gasteiger partial charge in [0, 0.05) is 34.7 Å². The first-order chi connectivity index (χ1) is 17.0. The topological polar surface area (TPSA) is 106 Å². The van der Waals surface area contributed by atoms with Gasteiger partial charge in [-0.25, -0.2) is 0 Å². The number of carbonyl (C=O) groups excluding carboxylic acids is 1. The number of benzene rings is 3. The van der Waals surface area contributed by atoms with Crippen LogP contribution in [0.5, 0.6) is 17.2 Å². The Labute approximate surface area is 200 Å². The molecule has 1 aromatic heterocycles. The second kappa shape index (κ2) is 9.02. The molecule has 0 radical (unpaired) electrons. The molecule has 0 aliphatic carbocycles. The van der Waals surface area contributed by atoms with Crippen molar-refractivity contribution in [1.29, 1.82) is 0 Å². The summed E-state index contributed by atoms with van der Waals surface area (Å²) in [6.45, 7) is 0.156. The fourth-order valence-electron chi connectivity index (χ4n) is 4.41. The zero-order chi connectivity index (χ0) is 24.5. The molecule has 0 saturated heterocycles. The van der Waals surface area contributed by atoms with Crippen LogP contribution in [0.4, 0.5) is 0 Å². The average molecular weight is 470 g/mol. The van der Waals surface area contributed by atoms with E-state index in [1.165, 1.54) is 13.2 Å². The van der Waals surface area contributed by atoms with Crippen LogP contribution >= 0.6 is 0 Å². The molecule has 176 valence electrons. The maximum Gasteiger partial charge on any atom is 0.306 e. The maximum atomic E-state index is 13.1. The molecule has 7 nitrogen and oxygen atoms in total. The lowest BCUT2D eigenvalue weighted by Gasteiger charge is -2.26. The van der Waals surface area contributed by atoms with Crippen molar-refractivity contribution in [2.24, 2.45) is 0 Å². The van der Waals surface area contributed by atoms with Crippen LogP contribution in [-0.2, 0) is 9.53 Å². The number of aromatic hydroxyl groups is 2. The van der Waals surface area contributed by atoms with E-state index in [4.69, 9.17) is 13.9 Å². The third kappa shape index (κ3) is 4.12. The van der Waals surface area contributed by atoms with Crippen molar-refractivity contribution in [1.82, 2.24) is 0 Å². The van der Waals surface area contributed by atoms with Gasteiger partial charge in [-0.2, -0.15) is 0 Å². The van der Waals surface area contributed by atoms with Crippen LogP contribution in [0, 0.1) is 0 Å². The summed E-state index contributed by atoms with van der Waals surface area (Å²) in [7, 11) is 1.28. The highest BCUT2D eigenvalue weighted by Gasteiger charge is 2.31. The van der Waals surface area contributed by atoms with Crippen molar-refractivity contribution in [2.75, 3.05) is 13.7 Å². The number of methoxy groups -OCH3 is 1. The lowest BCUT2D eigenvalue weighted by atomic mass is 9.84. The van der Waals surface area contributed by atoms with Crippen molar-refractivity contribution in [3.63, 3.8) is 0 Å². The quantitative estimate of drug-likeness (QED) is 0.396. The van der Waals surface area contributed by atoms with Gasteiger partial charge in [-0.15, -0.1) is 0 Å². The van der Waals surface area contributed by atoms with Crippen molar-refractivity contribution >= 4 is 23.0 Å². The Hall–Kier alpha value is -4.52. The van der Waals surface area contributed by atoms with E-state index in [1.807, 2.05) is 48.5 Å². The van der Waals surface area contributed by atoms with Gasteiger partial charge in [0.25, 0.3) is 0 Å². The summed E-state index contributed by atoms with van der Waals surface area (Å²) in [6, 6.07) is 18.9. The van der Waals surface area contributed by atoms with E-state index in [-0.39, 0.29) is 41.1 Å². The van der Waals surface area contributed by atoms with E-state index in [0.717, 1.165) is 11.6 Å². The van der Waals surface area contributed by atoms with Gasteiger partial charge in [-0.05, 0) is 17.7 Å². The lowest BCUT2D eigenvalue weighted by molar-refractivity contribution is -0.140. The maximum absolute atomic E-state index is 13.1. The highest BCUT2D eigenvalue weighted by Crippen LogP contribution is 2.44. The molecular formula is C28H22O7. The third-order valence-electron chi connectivity index (χ3n) is 6.10. The van der Waals surface area contributed by atoms with Gasteiger partial charge < -0.3 is 24.1 Å². The first-order valence-electron chi connectivity index (χ1n) is 11.0. The SMILES string of the molecule is COC(=O)CC(C1=Cc2ccccc2OC1)c1c(O)cc(O)c2c(=O)cc(-c3ccccc3)oc12. The summed E-state index contributed by atoms with van der Waals surface area (Å²) in [5.41, 5.74) is 1.88. The van der Waals surface area contributed by atoms with Crippen LogP contribution in [0.2, 0.25) is 0 Å². The summed E-state index contributed by atoms with van der Waals surface area (Å²) in [5, 5.41) is 21.4. The minimum absolute atomic E-state index is 0.00233. The fourth-order valence-corrected chi connectivity index (χ4v) is 4.41. The molecule has 1 aliphatic rings. The van der Waals surface area contributed by atoms with Crippen molar-refractivity contribution in [3.8, 4) is 28.6 Å². The molecule has 2 N–H and O–H groups in total. The third-order valence-corrected chi connectivity index (χ3v) is 6.10. The predicted octanol–water partition coefficient (Wildman–Crippen LogP) is 4.99. The van der Waals surface area contributed by atoms with Crippen LogP contribution < -0.4 is 10.2 Å². The molecule has 0 spiro atoms. The van der Waals surface area contributed by atoms with Gasteiger partial charge in [-0.1, -0.05) is 48.5 Å². The second-order valence-electron chi connectivity index (χ2n) is 8.25. The zero-order valence-electron chi connectivity index (χ0n) is 18.9.